The van der Waals surface area contributed by atoms with Crippen molar-refractivity contribution in [1.29, 1.82) is 0 Å². The van der Waals surface area contributed by atoms with Crippen LogP contribution in [0.1, 0.15) is 25.8 Å². The highest BCUT2D eigenvalue weighted by Gasteiger charge is 2.10. The summed E-state index contributed by atoms with van der Waals surface area (Å²) in [5, 5.41) is 3.30. The van der Waals surface area contributed by atoms with E-state index in [-0.39, 0.29) is 5.75 Å². The fraction of sp³-hybridized carbons (Fsp3) is 0.467. The van der Waals surface area contributed by atoms with Crippen molar-refractivity contribution in [1.82, 2.24) is 5.32 Å². The molecule has 1 rings (SSSR count). The quantitative estimate of drug-likeness (QED) is 0.739. The molecule has 0 atom stereocenters. The largest absolute Gasteiger partial charge is 0.493 e. The third kappa shape index (κ3) is 5.57. The second-order valence-electron chi connectivity index (χ2n) is 4.46. The molecule has 0 heterocycles. The Morgan fingerprint density at radius 2 is 2.10 bits per heavy atom. The van der Waals surface area contributed by atoms with Crippen molar-refractivity contribution in [2.24, 2.45) is 0 Å². The van der Waals surface area contributed by atoms with Crippen LogP contribution in [0.2, 0.25) is 0 Å². The van der Waals surface area contributed by atoms with Gasteiger partial charge in [-0.1, -0.05) is 24.6 Å². The molecule has 0 radical (unpaired) electrons. The van der Waals surface area contributed by atoms with Crippen LogP contribution in [0.4, 0.5) is 8.78 Å². The number of methoxy groups -OCH3 is 1. The SMILES string of the molecule is CCCNCC(C)=Cc1ccc(OC(F)F)c(OC)c1. The lowest BCUT2D eigenvalue weighted by molar-refractivity contribution is -0.0512. The summed E-state index contributed by atoms with van der Waals surface area (Å²) in [6.45, 7) is 3.03. The molecule has 5 heteroatoms. The van der Waals surface area contributed by atoms with Crippen LogP contribution in [0.3, 0.4) is 0 Å². The molecule has 0 saturated heterocycles. The van der Waals surface area contributed by atoms with Crippen LogP contribution in [0.5, 0.6) is 11.5 Å². The number of halogens is 2. The van der Waals surface area contributed by atoms with Gasteiger partial charge in [0.2, 0.25) is 0 Å². The second kappa shape index (κ2) is 8.53. The van der Waals surface area contributed by atoms with Gasteiger partial charge in [-0.15, -0.1) is 0 Å². The van der Waals surface area contributed by atoms with Crippen LogP contribution in [0.15, 0.2) is 23.8 Å². The zero-order valence-corrected chi connectivity index (χ0v) is 12.1. The second-order valence-corrected chi connectivity index (χ2v) is 4.46. The molecule has 112 valence electrons. The fourth-order valence-corrected chi connectivity index (χ4v) is 1.77. The minimum Gasteiger partial charge on any atom is -0.493 e. The van der Waals surface area contributed by atoms with E-state index in [1.165, 1.54) is 13.2 Å². The molecule has 0 aliphatic carbocycles. The van der Waals surface area contributed by atoms with Gasteiger partial charge in [0, 0.05) is 6.54 Å². The van der Waals surface area contributed by atoms with Crippen molar-refractivity contribution in [2.45, 2.75) is 26.9 Å². The van der Waals surface area contributed by atoms with Crippen LogP contribution in [0.25, 0.3) is 6.08 Å². The van der Waals surface area contributed by atoms with Gasteiger partial charge in [0.15, 0.2) is 11.5 Å². The maximum absolute atomic E-state index is 12.2. The molecule has 1 N–H and O–H groups in total. The van der Waals surface area contributed by atoms with Crippen LogP contribution in [-0.2, 0) is 0 Å². The summed E-state index contributed by atoms with van der Waals surface area (Å²) in [5.74, 6) is 0.342. The maximum Gasteiger partial charge on any atom is 0.387 e. The van der Waals surface area contributed by atoms with E-state index in [9.17, 15) is 8.78 Å². The highest BCUT2D eigenvalue weighted by atomic mass is 19.3. The summed E-state index contributed by atoms with van der Waals surface area (Å²) < 4.78 is 33.9. The average Bonchev–Trinajstić information content (AvgIpc) is 2.40. The molecule has 0 aliphatic rings. The van der Waals surface area contributed by atoms with E-state index >= 15 is 0 Å². The van der Waals surface area contributed by atoms with Crippen LogP contribution in [-0.4, -0.2) is 26.8 Å². The Kier molecular flexibility index (Phi) is 7.01. The van der Waals surface area contributed by atoms with Gasteiger partial charge in [-0.25, -0.2) is 0 Å². The first kappa shape index (κ1) is 16.4. The summed E-state index contributed by atoms with van der Waals surface area (Å²) >= 11 is 0. The number of ether oxygens (including phenoxy) is 2. The van der Waals surface area contributed by atoms with Crippen LogP contribution < -0.4 is 14.8 Å². The van der Waals surface area contributed by atoms with Gasteiger partial charge < -0.3 is 14.8 Å². The van der Waals surface area contributed by atoms with Gasteiger partial charge in [0.25, 0.3) is 0 Å². The lowest BCUT2D eigenvalue weighted by Crippen LogP contribution is -2.16. The number of hydrogen-bond donors (Lipinski definition) is 1. The molecular weight excluding hydrogens is 264 g/mol. The molecule has 0 saturated carbocycles. The van der Waals surface area contributed by atoms with Gasteiger partial charge in [0.05, 0.1) is 7.11 Å². The third-order valence-electron chi connectivity index (χ3n) is 2.65. The first-order valence-corrected chi connectivity index (χ1v) is 6.57. The number of alkyl halides is 2. The normalized spacial score (nSPS) is 11.8. The Balaban J connectivity index is 2.78. The van der Waals surface area contributed by atoms with Gasteiger partial charge in [-0.3, -0.25) is 0 Å². The molecule has 0 aliphatic heterocycles. The van der Waals surface area contributed by atoms with E-state index in [0.717, 1.165) is 30.6 Å². The predicted octanol–water partition coefficient (Wildman–Crippen LogP) is 3.70. The molecule has 3 nitrogen and oxygen atoms in total. The summed E-state index contributed by atoms with van der Waals surface area (Å²) in [6.07, 6.45) is 3.07. The highest BCUT2D eigenvalue weighted by molar-refractivity contribution is 5.58. The van der Waals surface area contributed by atoms with E-state index in [0.29, 0.717) is 5.75 Å². The minimum atomic E-state index is -2.86. The first-order chi connectivity index (χ1) is 9.56. The van der Waals surface area contributed by atoms with E-state index < -0.39 is 6.61 Å². The Bertz CT molecular complexity index is 447. The standard InChI is InChI=1S/C15H21F2NO2/c1-4-7-18-10-11(2)8-12-5-6-13(20-15(16)17)14(9-12)19-3/h5-6,8-9,15,18H,4,7,10H2,1-3H3. The monoisotopic (exact) mass is 285 g/mol. The molecule has 0 amide bonds. The lowest BCUT2D eigenvalue weighted by atomic mass is 10.1. The predicted molar refractivity (Wildman–Crippen MR) is 76.4 cm³/mol. The van der Waals surface area contributed by atoms with Crippen molar-refractivity contribution < 1.29 is 18.3 Å². The topological polar surface area (TPSA) is 30.5 Å². The number of benzene rings is 1. The summed E-state index contributed by atoms with van der Waals surface area (Å²) in [5.41, 5.74) is 2.04. The molecule has 20 heavy (non-hydrogen) atoms. The van der Waals surface area contributed by atoms with Crippen molar-refractivity contribution in [3.63, 3.8) is 0 Å². The van der Waals surface area contributed by atoms with Crippen molar-refractivity contribution in [3.8, 4) is 11.5 Å². The van der Waals surface area contributed by atoms with E-state index in [4.69, 9.17) is 4.74 Å². The zero-order valence-electron chi connectivity index (χ0n) is 12.1. The fourth-order valence-electron chi connectivity index (χ4n) is 1.77. The molecule has 0 fully saturated rings. The molecule has 1 aromatic carbocycles. The van der Waals surface area contributed by atoms with Crippen molar-refractivity contribution in [3.05, 3.63) is 29.3 Å². The Hall–Kier alpha value is -1.62. The van der Waals surface area contributed by atoms with Crippen molar-refractivity contribution >= 4 is 6.08 Å². The van der Waals surface area contributed by atoms with E-state index in [1.54, 1.807) is 12.1 Å². The first-order valence-electron chi connectivity index (χ1n) is 6.57. The van der Waals surface area contributed by atoms with Gasteiger partial charge in [-0.2, -0.15) is 8.78 Å². The third-order valence-corrected chi connectivity index (χ3v) is 2.65. The number of rotatable bonds is 8. The Morgan fingerprint density at radius 3 is 2.70 bits per heavy atom. The van der Waals surface area contributed by atoms with Gasteiger partial charge in [0.1, 0.15) is 0 Å². The molecular formula is C15H21F2NO2. The average molecular weight is 285 g/mol. The smallest absolute Gasteiger partial charge is 0.387 e. The number of nitrogens with one attached hydrogen (secondary N) is 1. The molecule has 0 spiro atoms. The highest BCUT2D eigenvalue weighted by Crippen LogP contribution is 2.30. The summed E-state index contributed by atoms with van der Waals surface area (Å²) in [7, 11) is 1.43. The Morgan fingerprint density at radius 1 is 1.35 bits per heavy atom. The summed E-state index contributed by atoms with van der Waals surface area (Å²) in [4.78, 5) is 0. The Labute approximate surface area is 118 Å². The molecule has 0 aromatic heterocycles. The lowest BCUT2D eigenvalue weighted by Gasteiger charge is -2.10. The van der Waals surface area contributed by atoms with Crippen LogP contribution >= 0.6 is 0 Å². The number of hydrogen-bond acceptors (Lipinski definition) is 3. The van der Waals surface area contributed by atoms with Gasteiger partial charge >= 0.3 is 6.61 Å². The van der Waals surface area contributed by atoms with Crippen molar-refractivity contribution in [2.75, 3.05) is 20.2 Å². The molecule has 1 aromatic rings. The molecule has 0 bridgehead atoms. The minimum absolute atomic E-state index is 0.0430. The zero-order chi connectivity index (χ0) is 15.0. The molecule has 0 unspecified atom stereocenters. The van der Waals surface area contributed by atoms with Crippen LogP contribution in [0, 0.1) is 0 Å². The van der Waals surface area contributed by atoms with E-state index in [1.807, 2.05) is 13.0 Å². The summed E-state index contributed by atoms with van der Waals surface area (Å²) in [6, 6.07) is 4.90. The van der Waals surface area contributed by atoms with E-state index in [2.05, 4.69) is 17.0 Å². The van der Waals surface area contributed by atoms with Gasteiger partial charge in [-0.05, 0) is 37.6 Å². The maximum atomic E-state index is 12.2.